The molecule has 0 saturated carbocycles. The fourth-order valence-electron chi connectivity index (χ4n) is 4.16. The van der Waals surface area contributed by atoms with E-state index in [-0.39, 0.29) is 6.04 Å². The number of H-pyrrole nitrogens is 1. The molecule has 4 aromatic rings. The molecular formula is C26H28N2O. The maximum Gasteiger partial charge on any atom is 0.130 e. The van der Waals surface area contributed by atoms with Gasteiger partial charge in [-0.3, -0.25) is 0 Å². The van der Waals surface area contributed by atoms with Crippen LogP contribution in [0, 0.1) is 13.8 Å². The Morgan fingerprint density at radius 2 is 1.41 bits per heavy atom. The van der Waals surface area contributed by atoms with Crippen LogP contribution in [0.1, 0.15) is 27.8 Å². The Kier molecular flexibility index (Phi) is 5.27. The predicted octanol–water partition coefficient (Wildman–Crippen LogP) is 4.85. The number of hydrogen-bond acceptors (Lipinski definition) is 2. The minimum atomic E-state index is -1.16. The Hall–Kier alpha value is -2.88. The normalized spacial score (nSPS) is 13.0. The van der Waals surface area contributed by atoms with Gasteiger partial charge < -0.3 is 15.4 Å². The number of fused-ring (bicyclic) bond motifs is 1. The first-order valence-corrected chi connectivity index (χ1v) is 10.1. The van der Waals surface area contributed by atoms with E-state index < -0.39 is 5.60 Å². The number of para-hydroxylation sites is 1. The van der Waals surface area contributed by atoms with Crippen LogP contribution < -0.4 is 5.32 Å². The van der Waals surface area contributed by atoms with Crippen molar-refractivity contribution in [1.29, 1.82) is 0 Å². The number of aromatic amines is 1. The van der Waals surface area contributed by atoms with Gasteiger partial charge in [-0.15, -0.1) is 0 Å². The van der Waals surface area contributed by atoms with Gasteiger partial charge in [-0.25, -0.2) is 0 Å². The summed E-state index contributed by atoms with van der Waals surface area (Å²) in [6.45, 7) is 4.13. The van der Waals surface area contributed by atoms with Crippen LogP contribution in [-0.2, 0) is 12.0 Å². The molecule has 3 nitrogen and oxygen atoms in total. The zero-order valence-electron chi connectivity index (χ0n) is 17.2. The van der Waals surface area contributed by atoms with E-state index in [2.05, 4.69) is 72.8 Å². The molecule has 0 bridgehead atoms. The van der Waals surface area contributed by atoms with Gasteiger partial charge in [-0.2, -0.15) is 0 Å². The van der Waals surface area contributed by atoms with Crippen LogP contribution >= 0.6 is 0 Å². The average Bonchev–Trinajstić information content (AvgIpc) is 3.15. The standard InChI is InChI=1S/C26H28N2O/c1-18-8-12-21(13-9-18)26(29,22-14-10-19(2)11-15-22)25(27-3)16-20-17-28-24-7-5-4-6-23(20)24/h4-15,17,25,27-29H,16H2,1-3H3/t25-/m0/s1. The van der Waals surface area contributed by atoms with Gasteiger partial charge >= 0.3 is 0 Å². The predicted molar refractivity (Wildman–Crippen MR) is 120 cm³/mol. The smallest absolute Gasteiger partial charge is 0.130 e. The highest BCUT2D eigenvalue weighted by Gasteiger charge is 2.39. The Bertz CT molecular complexity index is 1050. The van der Waals surface area contributed by atoms with Gasteiger partial charge in [0.2, 0.25) is 0 Å². The number of hydrogen-bond donors (Lipinski definition) is 3. The fourth-order valence-corrected chi connectivity index (χ4v) is 4.16. The third kappa shape index (κ3) is 3.59. The minimum absolute atomic E-state index is 0.202. The molecule has 0 aliphatic rings. The lowest BCUT2D eigenvalue weighted by atomic mass is 9.77. The molecule has 0 aliphatic carbocycles. The van der Waals surface area contributed by atoms with E-state index in [4.69, 9.17) is 0 Å². The molecule has 0 spiro atoms. The SMILES string of the molecule is CN[C@@H](Cc1c[nH]c2ccccc12)C(O)(c1ccc(C)cc1)c1ccc(C)cc1. The van der Waals surface area contributed by atoms with Crippen molar-refractivity contribution in [2.45, 2.75) is 31.9 Å². The van der Waals surface area contributed by atoms with Gasteiger partial charge in [-0.1, -0.05) is 77.9 Å². The average molecular weight is 385 g/mol. The molecule has 29 heavy (non-hydrogen) atoms. The van der Waals surface area contributed by atoms with Crippen molar-refractivity contribution in [3.8, 4) is 0 Å². The summed E-state index contributed by atoms with van der Waals surface area (Å²) in [7, 11) is 1.92. The highest BCUT2D eigenvalue weighted by Crippen LogP contribution is 2.36. The summed E-state index contributed by atoms with van der Waals surface area (Å²) in [5, 5.41) is 16.8. The maximum absolute atomic E-state index is 12.2. The van der Waals surface area contributed by atoms with Crippen LogP contribution in [0.15, 0.2) is 79.0 Å². The zero-order valence-corrected chi connectivity index (χ0v) is 17.2. The van der Waals surface area contributed by atoms with Crippen molar-refractivity contribution in [2.75, 3.05) is 7.05 Å². The highest BCUT2D eigenvalue weighted by atomic mass is 16.3. The molecule has 0 fully saturated rings. The molecule has 3 heteroatoms. The summed E-state index contributed by atoms with van der Waals surface area (Å²) in [6.07, 6.45) is 2.75. The first kappa shape index (κ1) is 19.4. The van der Waals surface area contributed by atoms with Gasteiger partial charge in [0.15, 0.2) is 0 Å². The third-order valence-corrected chi connectivity index (χ3v) is 5.94. The molecule has 1 atom stereocenters. The minimum Gasteiger partial charge on any atom is -0.379 e. The van der Waals surface area contributed by atoms with Crippen LogP contribution in [0.4, 0.5) is 0 Å². The molecule has 1 aromatic heterocycles. The van der Waals surface area contributed by atoms with Gasteiger partial charge in [0.1, 0.15) is 5.60 Å². The summed E-state index contributed by atoms with van der Waals surface area (Å²) < 4.78 is 0. The van der Waals surface area contributed by atoms with Crippen molar-refractivity contribution in [3.63, 3.8) is 0 Å². The quantitative estimate of drug-likeness (QED) is 0.445. The topological polar surface area (TPSA) is 48.0 Å². The van der Waals surface area contributed by atoms with E-state index in [1.807, 2.05) is 37.4 Å². The number of nitrogens with one attached hydrogen (secondary N) is 2. The lowest BCUT2D eigenvalue weighted by molar-refractivity contribution is 0.0400. The van der Waals surface area contributed by atoms with E-state index in [9.17, 15) is 5.11 Å². The molecule has 3 aromatic carbocycles. The third-order valence-electron chi connectivity index (χ3n) is 5.94. The van der Waals surface area contributed by atoms with Crippen molar-refractivity contribution in [2.24, 2.45) is 0 Å². The second-order valence-corrected chi connectivity index (χ2v) is 7.90. The van der Waals surface area contributed by atoms with Crippen LogP contribution in [0.2, 0.25) is 0 Å². The summed E-state index contributed by atoms with van der Waals surface area (Å²) in [5.41, 5.74) is 5.30. The molecule has 0 amide bonds. The molecule has 0 unspecified atom stereocenters. The molecule has 0 saturated heterocycles. The number of aliphatic hydroxyl groups is 1. The van der Waals surface area contributed by atoms with Crippen molar-refractivity contribution in [1.82, 2.24) is 10.3 Å². The van der Waals surface area contributed by atoms with Gasteiger partial charge in [-0.05, 0) is 50.1 Å². The molecule has 148 valence electrons. The summed E-state index contributed by atoms with van der Waals surface area (Å²) >= 11 is 0. The van der Waals surface area contributed by atoms with E-state index >= 15 is 0 Å². The Balaban J connectivity index is 1.81. The highest BCUT2D eigenvalue weighted by molar-refractivity contribution is 5.83. The molecule has 1 heterocycles. The first-order valence-electron chi connectivity index (χ1n) is 10.1. The van der Waals surface area contributed by atoms with Crippen LogP contribution in [0.3, 0.4) is 0 Å². The summed E-state index contributed by atoms with van der Waals surface area (Å²) in [6, 6.07) is 24.5. The van der Waals surface area contributed by atoms with Crippen molar-refractivity contribution >= 4 is 10.9 Å². The van der Waals surface area contributed by atoms with Gasteiger partial charge in [0.25, 0.3) is 0 Å². The van der Waals surface area contributed by atoms with Crippen LogP contribution in [0.25, 0.3) is 10.9 Å². The van der Waals surface area contributed by atoms with Crippen LogP contribution in [-0.4, -0.2) is 23.2 Å². The van der Waals surface area contributed by atoms with E-state index in [0.29, 0.717) is 6.42 Å². The lowest BCUT2D eigenvalue weighted by Gasteiger charge is -2.37. The molecule has 4 rings (SSSR count). The second kappa shape index (κ2) is 7.86. The van der Waals surface area contributed by atoms with E-state index in [1.165, 1.54) is 22.1 Å². The number of likely N-dealkylation sites (N-methyl/N-ethyl adjacent to an activating group) is 1. The molecule has 0 aliphatic heterocycles. The number of rotatable bonds is 6. The Morgan fingerprint density at radius 1 is 0.862 bits per heavy atom. The summed E-state index contributed by atoms with van der Waals surface area (Å²) in [4.78, 5) is 3.35. The molecule has 0 radical (unpaired) electrons. The Morgan fingerprint density at radius 3 is 1.97 bits per heavy atom. The monoisotopic (exact) mass is 384 g/mol. The number of aromatic nitrogens is 1. The molecular weight excluding hydrogens is 356 g/mol. The maximum atomic E-state index is 12.2. The van der Waals surface area contributed by atoms with E-state index in [1.54, 1.807) is 0 Å². The Labute approximate surface area is 172 Å². The number of benzene rings is 3. The van der Waals surface area contributed by atoms with Crippen LogP contribution in [0.5, 0.6) is 0 Å². The van der Waals surface area contributed by atoms with Gasteiger partial charge in [0, 0.05) is 23.1 Å². The van der Waals surface area contributed by atoms with E-state index in [0.717, 1.165) is 16.6 Å². The summed E-state index contributed by atoms with van der Waals surface area (Å²) in [5.74, 6) is 0. The van der Waals surface area contributed by atoms with Gasteiger partial charge in [0.05, 0.1) is 0 Å². The fraction of sp³-hybridized carbons (Fsp3) is 0.231. The second-order valence-electron chi connectivity index (χ2n) is 7.90. The number of aryl methyl sites for hydroxylation is 2. The van der Waals surface area contributed by atoms with Crippen molar-refractivity contribution < 1.29 is 5.11 Å². The lowest BCUT2D eigenvalue weighted by Crippen LogP contribution is -2.49. The first-order chi connectivity index (χ1) is 14.0. The zero-order chi connectivity index (χ0) is 20.4. The molecule has 3 N–H and O–H groups in total. The van der Waals surface area contributed by atoms with Crippen molar-refractivity contribution in [3.05, 3.63) is 107 Å². The largest absolute Gasteiger partial charge is 0.379 e.